The number of hydroxylamine groups is 2. The van der Waals surface area contributed by atoms with Crippen LogP contribution < -0.4 is 16.0 Å². The van der Waals surface area contributed by atoms with Gasteiger partial charge in [-0.25, -0.2) is 0 Å². The van der Waals surface area contributed by atoms with Crippen LogP contribution in [0.3, 0.4) is 0 Å². The number of aliphatic hydroxyl groups excluding tert-OH is 2. The van der Waals surface area contributed by atoms with E-state index in [9.17, 15) is 19.8 Å². The summed E-state index contributed by atoms with van der Waals surface area (Å²) < 4.78 is 6.62. The standard InChI is InChI=1S/C55H100N6O6/c1-35-47-28-43(55(47,3)4)29-48(35)58-54(65)51-50(36(2)63)49(34-62)67-61(51)31-40-21-16-22-46(52(40)66-9)41-23-39(30-56-44(32-59(5)6)25-37-17-12-10-13-18-37)24-42(27-41)53(64)57-45(33-60(7)8)26-38-19-14-11-15-20-38/h35-52,56,62-63H,10-34H2,1-9H3,(H,57,64)(H,58,65)/t35-,36-,39?,40?,41?,42?,43+,44-,45-,46?,47-,48?,49-,50+,51-,52?/m0/s1. The summed E-state index contributed by atoms with van der Waals surface area (Å²) in [5, 5.41) is 34.9. The molecule has 7 aliphatic carbocycles. The normalized spacial score (nSPS) is 37.8. The second-order valence-corrected chi connectivity index (χ2v) is 25.2. The molecule has 386 valence electrons. The van der Waals surface area contributed by atoms with Crippen LogP contribution in [0.15, 0.2) is 0 Å². The quantitative estimate of drug-likeness (QED) is 0.0810. The minimum Gasteiger partial charge on any atom is -0.394 e. The van der Waals surface area contributed by atoms with Gasteiger partial charge in [-0.2, -0.15) is 5.06 Å². The molecule has 1 aliphatic heterocycles. The molecule has 0 aromatic carbocycles. The maximum atomic E-state index is 14.8. The largest absolute Gasteiger partial charge is 0.394 e. The van der Waals surface area contributed by atoms with Gasteiger partial charge >= 0.3 is 0 Å². The van der Waals surface area contributed by atoms with Gasteiger partial charge in [0.05, 0.1) is 18.8 Å². The lowest BCUT2D eigenvalue weighted by molar-refractivity contribution is -0.193. The van der Waals surface area contributed by atoms with Crippen molar-refractivity contribution in [2.75, 3.05) is 68.1 Å². The summed E-state index contributed by atoms with van der Waals surface area (Å²) in [6, 6.07) is -0.0197. The Hall–Kier alpha value is -1.38. The fourth-order valence-corrected chi connectivity index (χ4v) is 15.9. The predicted octanol–water partition coefficient (Wildman–Crippen LogP) is 7.12. The first-order valence-electron chi connectivity index (χ1n) is 27.9. The Balaban J connectivity index is 1.08. The van der Waals surface area contributed by atoms with Crippen LogP contribution in [0.5, 0.6) is 0 Å². The van der Waals surface area contributed by atoms with Gasteiger partial charge < -0.3 is 40.7 Å². The Morgan fingerprint density at radius 2 is 1.45 bits per heavy atom. The van der Waals surface area contributed by atoms with Crippen LogP contribution in [0.25, 0.3) is 0 Å². The number of hydrogen-bond donors (Lipinski definition) is 5. The van der Waals surface area contributed by atoms with Crippen molar-refractivity contribution in [3.05, 3.63) is 0 Å². The van der Waals surface area contributed by atoms with Gasteiger partial charge in [-0.3, -0.25) is 14.4 Å². The molecule has 8 aliphatic rings. The number of rotatable bonds is 21. The Morgan fingerprint density at radius 3 is 2.03 bits per heavy atom. The Kier molecular flexibility index (Phi) is 19.4. The molecule has 12 heteroatoms. The van der Waals surface area contributed by atoms with E-state index in [1.165, 1.54) is 77.0 Å². The number of nitrogens with one attached hydrogen (secondary N) is 3. The van der Waals surface area contributed by atoms with Crippen LogP contribution in [0, 0.1) is 70.5 Å². The van der Waals surface area contributed by atoms with E-state index in [4.69, 9.17) is 9.57 Å². The lowest BCUT2D eigenvalue weighted by atomic mass is 9.45. The lowest BCUT2D eigenvalue weighted by Gasteiger charge is -2.62. The molecule has 67 heavy (non-hydrogen) atoms. The van der Waals surface area contributed by atoms with Crippen LogP contribution in [-0.4, -0.2) is 147 Å². The number of carbonyl (C=O) groups excluding carboxylic acids is 2. The molecule has 7 saturated carbocycles. The molecular weight excluding hydrogens is 841 g/mol. The molecular formula is C55H100N6O6. The fourth-order valence-electron chi connectivity index (χ4n) is 15.9. The zero-order valence-corrected chi connectivity index (χ0v) is 43.9. The van der Waals surface area contributed by atoms with Crippen LogP contribution in [0.4, 0.5) is 0 Å². The van der Waals surface area contributed by atoms with Gasteiger partial charge in [0.1, 0.15) is 12.1 Å². The summed E-state index contributed by atoms with van der Waals surface area (Å²) in [6.07, 6.45) is 22.2. The Morgan fingerprint density at radius 1 is 0.806 bits per heavy atom. The second kappa shape index (κ2) is 24.4. The summed E-state index contributed by atoms with van der Waals surface area (Å²) in [4.78, 5) is 40.5. The van der Waals surface area contributed by atoms with E-state index in [2.05, 4.69) is 74.7 Å². The summed E-state index contributed by atoms with van der Waals surface area (Å²) in [5.74, 6) is 3.71. The number of ether oxygens (including phenoxy) is 1. The highest BCUT2D eigenvalue weighted by Crippen LogP contribution is 2.61. The van der Waals surface area contributed by atoms with E-state index in [-0.39, 0.29) is 54.4 Å². The van der Waals surface area contributed by atoms with Crippen molar-refractivity contribution >= 4 is 11.8 Å². The smallest absolute Gasteiger partial charge is 0.240 e. The van der Waals surface area contributed by atoms with Crippen LogP contribution in [0.1, 0.15) is 156 Å². The molecule has 8 rings (SSSR count). The fraction of sp³-hybridized carbons (Fsp3) is 0.964. The van der Waals surface area contributed by atoms with Gasteiger partial charge in [0.15, 0.2) is 0 Å². The van der Waals surface area contributed by atoms with Gasteiger partial charge in [0.2, 0.25) is 11.8 Å². The highest BCUT2D eigenvalue weighted by molar-refractivity contribution is 5.83. The second-order valence-electron chi connectivity index (χ2n) is 25.2. The van der Waals surface area contributed by atoms with E-state index >= 15 is 0 Å². The molecule has 2 amide bonds. The zero-order chi connectivity index (χ0) is 48.0. The van der Waals surface area contributed by atoms with Crippen molar-refractivity contribution in [2.45, 2.75) is 199 Å². The van der Waals surface area contributed by atoms with Gasteiger partial charge in [-0.1, -0.05) is 91.4 Å². The molecule has 1 heterocycles. The van der Waals surface area contributed by atoms with Gasteiger partial charge in [-0.15, -0.1) is 0 Å². The van der Waals surface area contributed by atoms with Crippen molar-refractivity contribution in [3.63, 3.8) is 0 Å². The Labute approximate surface area is 407 Å². The number of methoxy groups -OCH3 is 1. The first-order valence-corrected chi connectivity index (χ1v) is 27.9. The molecule has 1 saturated heterocycles. The number of fused-ring (bicyclic) bond motifs is 2. The van der Waals surface area contributed by atoms with E-state index in [0.717, 1.165) is 76.9 Å². The predicted molar refractivity (Wildman–Crippen MR) is 268 cm³/mol. The van der Waals surface area contributed by atoms with Crippen molar-refractivity contribution in [3.8, 4) is 0 Å². The van der Waals surface area contributed by atoms with E-state index in [0.29, 0.717) is 53.5 Å². The number of hydrogen-bond acceptors (Lipinski definition) is 10. The molecule has 16 atom stereocenters. The number of likely N-dealkylation sites (N-methyl/N-ethyl adjacent to an activating group) is 2. The molecule has 7 unspecified atom stereocenters. The lowest BCUT2D eigenvalue weighted by Crippen LogP contribution is -2.62. The summed E-state index contributed by atoms with van der Waals surface area (Å²) in [6.45, 7) is 11.9. The third-order valence-electron chi connectivity index (χ3n) is 19.5. The monoisotopic (exact) mass is 941 g/mol. The molecule has 5 N–H and O–H groups in total. The molecule has 8 fully saturated rings. The van der Waals surface area contributed by atoms with Crippen molar-refractivity contribution in [1.82, 2.24) is 30.8 Å². The van der Waals surface area contributed by atoms with Gasteiger partial charge in [0, 0.05) is 62.6 Å². The van der Waals surface area contributed by atoms with Gasteiger partial charge in [0.25, 0.3) is 0 Å². The van der Waals surface area contributed by atoms with E-state index in [1.54, 1.807) is 6.92 Å². The van der Waals surface area contributed by atoms with Gasteiger partial charge in [-0.05, 0) is 152 Å². The average molecular weight is 941 g/mol. The minimum atomic E-state index is -0.831. The summed E-state index contributed by atoms with van der Waals surface area (Å²) in [5.41, 5.74) is 0.310. The average Bonchev–Trinajstić information content (AvgIpc) is 3.67. The number of nitrogens with zero attached hydrogens (tertiary/aromatic N) is 3. The summed E-state index contributed by atoms with van der Waals surface area (Å²) >= 11 is 0. The van der Waals surface area contributed by atoms with Crippen molar-refractivity contribution in [2.24, 2.45) is 70.5 Å². The van der Waals surface area contributed by atoms with Crippen molar-refractivity contribution in [1.29, 1.82) is 0 Å². The number of carbonyl (C=O) groups is 2. The van der Waals surface area contributed by atoms with Crippen LogP contribution >= 0.6 is 0 Å². The van der Waals surface area contributed by atoms with E-state index < -0.39 is 24.2 Å². The first-order chi connectivity index (χ1) is 32.1. The van der Waals surface area contributed by atoms with Crippen LogP contribution in [-0.2, 0) is 19.2 Å². The third kappa shape index (κ3) is 13.4. The zero-order valence-electron chi connectivity index (χ0n) is 43.9. The minimum absolute atomic E-state index is 0.0454. The highest BCUT2D eigenvalue weighted by atomic mass is 16.7. The molecule has 0 spiro atoms. The maximum Gasteiger partial charge on any atom is 0.240 e. The first kappa shape index (κ1) is 53.4. The SMILES string of the molecule is COC1C(CN2O[C@@H](CO)[C@@H]([C@H](C)O)[C@H]2C(=O)NC2C[C@H]3C[C@@H]([C@@H]2C)C3(C)C)CCCC1C1CC(CN[C@@H](CC2CCCCC2)CN(C)C)CC(C(=O)N[C@@H](CC2CCCCC2)CN(C)C)C1. The van der Waals surface area contributed by atoms with Crippen LogP contribution in [0.2, 0.25) is 0 Å². The summed E-state index contributed by atoms with van der Waals surface area (Å²) in [7, 11) is 10.5. The number of aliphatic hydroxyl groups is 2. The maximum absolute atomic E-state index is 14.8. The molecule has 12 nitrogen and oxygen atoms in total. The molecule has 2 bridgehead atoms. The molecule has 0 aromatic rings. The third-order valence-corrected chi connectivity index (χ3v) is 19.5. The van der Waals surface area contributed by atoms with Crippen molar-refractivity contribution < 1.29 is 29.4 Å². The topological polar surface area (TPSA) is 139 Å². The number of amides is 2. The van der Waals surface area contributed by atoms with E-state index in [1.807, 2.05) is 12.2 Å². The molecule has 0 aromatic heterocycles. The Bertz CT molecular complexity index is 1540. The molecule has 0 radical (unpaired) electrons. The highest BCUT2D eigenvalue weighted by Gasteiger charge is 2.58.